The third-order valence-corrected chi connectivity index (χ3v) is 5.84. The van der Waals surface area contributed by atoms with Crippen LogP contribution in [0.25, 0.3) is 0 Å². The summed E-state index contributed by atoms with van der Waals surface area (Å²) in [6, 6.07) is 1.76. The Balaban J connectivity index is 1.69. The minimum absolute atomic E-state index is 0.172. The smallest absolute Gasteiger partial charge is 0.284 e. The maximum Gasteiger partial charge on any atom is 0.284 e. The molecule has 0 radical (unpaired) electrons. The lowest BCUT2D eigenvalue weighted by molar-refractivity contribution is -0.223. The van der Waals surface area contributed by atoms with E-state index in [0.29, 0.717) is 13.0 Å². The Morgan fingerprint density at radius 2 is 2.00 bits per heavy atom. The molecule has 3 rings (SSSR count). The van der Waals surface area contributed by atoms with Gasteiger partial charge in [-0.05, 0) is 25.8 Å². The summed E-state index contributed by atoms with van der Waals surface area (Å²) in [5, 5.41) is 20.4. The van der Waals surface area contributed by atoms with Crippen LogP contribution in [-0.4, -0.2) is 58.0 Å². The predicted octanol–water partition coefficient (Wildman–Crippen LogP) is 1.54. The van der Waals surface area contributed by atoms with Crippen molar-refractivity contribution in [2.75, 3.05) is 19.7 Å². The Morgan fingerprint density at radius 1 is 1.37 bits per heavy atom. The monoisotopic (exact) mass is 380 g/mol. The number of aliphatic hydroxyl groups excluding tert-OH is 1. The first-order valence-corrected chi connectivity index (χ1v) is 9.62. The van der Waals surface area contributed by atoms with Gasteiger partial charge in [-0.3, -0.25) is 9.69 Å². The fourth-order valence-corrected chi connectivity index (χ4v) is 4.24. The Labute approximate surface area is 160 Å². The molecular weight excluding hydrogens is 348 g/mol. The molecule has 3 heterocycles. The van der Waals surface area contributed by atoms with Crippen LogP contribution in [0, 0.1) is 0 Å². The summed E-state index contributed by atoms with van der Waals surface area (Å²) in [5.41, 5.74) is 4.68. The van der Waals surface area contributed by atoms with Crippen LogP contribution in [0.15, 0.2) is 10.5 Å². The molecule has 2 aliphatic rings. The number of hydrogen-bond donors (Lipinski definition) is 3. The Hall–Kier alpha value is -1.41. The topological polar surface area (TPSA) is 109 Å². The number of nitrogens with zero attached hydrogens (tertiary/aromatic N) is 1. The van der Waals surface area contributed by atoms with Crippen molar-refractivity contribution in [2.45, 2.75) is 76.2 Å². The van der Waals surface area contributed by atoms with Gasteiger partial charge in [0.2, 0.25) is 0 Å². The zero-order valence-corrected chi connectivity index (χ0v) is 16.7. The van der Waals surface area contributed by atoms with E-state index >= 15 is 0 Å². The molecule has 1 aromatic rings. The van der Waals surface area contributed by atoms with Crippen LogP contribution < -0.4 is 5.73 Å². The van der Waals surface area contributed by atoms with Crippen LogP contribution in [0.3, 0.4) is 0 Å². The Bertz CT molecular complexity index is 696. The SMILES string of the molecule is CC(C)(C)c1oc(C(N)=O)cc1CN1CCC2(CC1)C[C@](C)(O)[C@@H](O)CO2. The highest BCUT2D eigenvalue weighted by Crippen LogP contribution is 2.40. The van der Waals surface area contributed by atoms with Crippen LogP contribution in [-0.2, 0) is 16.7 Å². The second-order valence-electron chi connectivity index (χ2n) is 9.40. The molecule has 1 spiro atoms. The van der Waals surface area contributed by atoms with Gasteiger partial charge in [-0.1, -0.05) is 20.8 Å². The summed E-state index contributed by atoms with van der Waals surface area (Å²) >= 11 is 0. The van der Waals surface area contributed by atoms with Gasteiger partial charge >= 0.3 is 0 Å². The number of primary amides is 1. The molecule has 2 saturated heterocycles. The Kier molecular flexibility index (Phi) is 5.18. The number of hydrogen-bond acceptors (Lipinski definition) is 6. The molecule has 7 nitrogen and oxygen atoms in total. The number of amides is 1. The molecule has 0 aliphatic carbocycles. The van der Waals surface area contributed by atoms with E-state index in [9.17, 15) is 15.0 Å². The van der Waals surface area contributed by atoms with Gasteiger partial charge in [0.05, 0.1) is 17.8 Å². The summed E-state index contributed by atoms with van der Waals surface area (Å²) in [6.45, 7) is 10.3. The van der Waals surface area contributed by atoms with Crippen molar-refractivity contribution < 1.29 is 24.2 Å². The zero-order valence-electron chi connectivity index (χ0n) is 16.7. The number of aliphatic hydroxyl groups is 2. The molecule has 2 aliphatic heterocycles. The van der Waals surface area contributed by atoms with E-state index in [1.807, 2.05) is 0 Å². The number of likely N-dealkylation sites (tertiary alicyclic amines) is 1. The molecule has 0 unspecified atom stereocenters. The highest BCUT2D eigenvalue weighted by atomic mass is 16.5. The Morgan fingerprint density at radius 3 is 2.52 bits per heavy atom. The van der Waals surface area contributed by atoms with Crippen molar-refractivity contribution in [1.82, 2.24) is 4.90 Å². The molecule has 0 saturated carbocycles. The first kappa shape index (κ1) is 20.3. The normalized spacial score (nSPS) is 29.2. The van der Waals surface area contributed by atoms with Gasteiger partial charge < -0.3 is 25.1 Å². The number of rotatable bonds is 3. The highest BCUT2D eigenvalue weighted by Gasteiger charge is 2.48. The van der Waals surface area contributed by atoms with Crippen molar-refractivity contribution in [3.05, 3.63) is 23.2 Å². The zero-order chi connectivity index (χ0) is 20.0. The highest BCUT2D eigenvalue weighted by molar-refractivity contribution is 5.90. The predicted molar refractivity (Wildman–Crippen MR) is 100 cm³/mol. The number of ether oxygens (including phenoxy) is 1. The lowest BCUT2D eigenvalue weighted by Gasteiger charge is -2.50. The summed E-state index contributed by atoms with van der Waals surface area (Å²) < 4.78 is 11.7. The van der Waals surface area contributed by atoms with Gasteiger partial charge in [-0.25, -0.2) is 0 Å². The third kappa shape index (κ3) is 4.21. The average Bonchev–Trinajstić information content (AvgIpc) is 2.98. The number of carbonyl (C=O) groups is 1. The van der Waals surface area contributed by atoms with Gasteiger partial charge in [0, 0.05) is 37.0 Å². The maximum absolute atomic E-state index is 11.5. The molecule has 1 aromatic heterocycles. The molecule has 1 amide bonds. The van der Waals surface area contributed by atoms with Crippen LogP contribution >= 0.6 is 0 Å². The number of nitrogens with two attached hydrogens (primary N) is 1. The van der Waals surface area contributed by atoms with Crippen LogP contribution in [0.2, 0.25) is 0 Å². The van der Waals surface area contributed by atoms with Gasteiger partial charge in [0.1, 0.15) is 11.9 Å². The minimum atomic E-state index is -1.11. The first-order chi connectivity index (χ1) is 12.4. The molecule has 2 atom stereocenters. The summed E-state index contributed by atoms with van der Waals surface area (Å²) in [4.78, 5) is 13.8. The van der Waals surface area contributed by atoms with Crippen molar-refractivity contribution in [3.63, 3.8) is 0 Å². The molecule has 152 valence electrons. The van der Waals surface area contributed by atoms with Crippen molar-refractivity contribution in [1.29, 1.82) is 0 Å². The van der Waals surface area contributed by atoms with E-state index in [2.05, 4.69) is 25.7 Å². The number of furan rings is 1. The van der Waals surface area contributed by atoms with Crippen LogP contribution in [0.4, 0.5) is 0 Å². The fraction of sp³-hybridized carbons (Fsp3) is 0.750. The van der Waals surface area contributed by atoms with Crippen molar-refractivity contribution in [2.24, 2.45) is 5.73 Å². The van der Waals surface area contributed by atoms with Crippen molar-refractivity contribution >= 4 is 5.91 Å². The standard InChI is InChI=1S/C20H32N2O5/c1-18(2,3)16-13(9-14(27-16)17(21)24)10-22-7-5-20(6-8-22)12-19(4,25)15(23)11-26-20/h9,15,23,25H,5-8,10-12H2,1-4H3,(H2,21,24)/t15-,19-/m0/s1. The van der Waals surface area contributed by atoms with E-state index in [1.54, 1.807) is 13.0 Å². The second-order valence-corrected chi connectivity index (χ2v) is 9.40. The maximum atomic E-state index is 11.5. The molecule has 7 heteroatoms. The van der Waals surface area contributed by atoms with Gasteiger partial charge in [0.25, 0.3) is 5.91 Å². The third-order valence-electron chi connectivity index (χ3n) is 5.84. The summed E-state index contributed by atoms with van der Waals surface area (Å²) in [5.74, 6) is 0.432. The molecule has 2 fully saturated rings. The van der Waals surface area contributed by atoms with Gasteiger partial charge in [0.15, 0.2) is 5.76 Å². The lowest BCUT2D eigenvalue weighted by Crippen LogP contribution is -2.59. The quantitative estimate of drug-likeness (QED) is 0.734. The fourth-order valence-electron chi connectivity index (χ4n) is 4.24. The second kappa shape index (κ2) is 6.88. The van der Waals surface area contributed by atoms with E-state index in [0.717, 1.165) is 37.3 Å². The van der Waals surface area contributed by atoms with E-state index in [1.165, 1.54) is 0 Å². The molecule has 4 N–H and O–H groups in total. The van der Waals surface area contributed by atoms with Gasteiger partial charge in [-0.2, -0.15) is 0 Å². The minimum Gasteiger partial charge on any atom is -0.455 e. The van der Waals surface area contributed by atoms with E-state index in [4.69, 9.17) is 14.9 Å². The number of carbonyl (C=O) groups excluding carboxylic acids is 1. The van der Waals surface area contributed by atoms with Crippen LogP contribution in [0.5, 0.6) is 0 Å². The summed E-state index contributed by atoms with van der Waals surface area (Å²) in [6.07, 6.45) is 1.19. The van der Waals surface area contributed by atoms with Crippen molar-refractivity contribution in [3.8, 4) is 0 Å². The summed E-state index contributed by atoms with van der Waals surface area (Å²) in [7, 11) is 0. The van der Waals surface area contributed by atoms with E-state index in [-0.39, 0.29) is 23.4 Å². The lowest BCUT2D eigenvalue weighted by atomic mass is 9.76. The molecule has 27 heavy (non-hydrogen) atoms. The van der Waals surface area contributed by atoms with E-state index < -0.39 is 17.6 Å². The number of piperidine rings is 1. The largest absolute Gasteiger partial charge is 0.455 e. The average molecular weight is 380 g/mol. The molecular formula is C20H32N2O5. The molecule has 0 bridgehead atoms. The van der Waals surface area contributed by atoms with Gasteiger partial charge in [-0.15, -0.1) is 0 Å². The first-order valence-electron chi connectivity index (χ1n) is 9.62. The molecule has 0 aromatic carbocycles. The van der Waals surface area contributed by atoms with Crippen LogP contribution in [0.1, 0.15) is 68.8 Å².